The molecule has 2 aliphatic rings. The Balaban J connectivity index is 1.60. The Morgan fingerprint density at radius 2 is 2.18 bits per heavy atom. The highest BCUT2D eigenvalue weighted by Gasteiger charge is 2.44. The van der Waals surface area contributed by atoms with Crippen LogP contribution in [-0.2, 0) is 4.79 Å². The molecule has 2 fully saturated rings. The summed E-state index contributed by atoms with van der Waals surface area (Å²) in [5.74, 6) is 0.755. The number of rotatable bonds is 5. The fourth-order valence-corrected chi connectivity index (χ4v) is 4.09. The maximum absolute atomic E-state index is 11.6. The van der Waals surface area contributed by atoms with Crippen molar-refractivity contribution in [2.45, 2.75) is 51.1 Å². The number of hydrogen-bond acceptors (Lipinski definition) is 3. The van der Waals surface area contributed by atoms with Gasteiger partial charge in [0.2, 0.25) is 0 Å². The van der Waals surface area contributed by atoms with Crippen molar-refractivity contribution in [2.75, 3.05) is 13.2 Å². The highest BCUT2D eigenvalue weighted by molar-refractivity contribution is 5.74. The number of carboxylic acid groups (broad SMARTS) is 1. The number of carboxylic acids is 1. The van der Waals surface area contributed by atoms with Crippen LogP contribution in [0.2, 0.25) is 0 Å². The van der Waals surface area contributed by atoms with E-state index in [0.717, 1.165) is 18.6 Å². The molecule has 1 saturated heterocycles. The van der Waals surface area contributed by atoms with Gasteiger partial charge in [-0.25, -0.2) is 0 Å². The summed E-state index contributed by atoms with van der Waals surface area (Å²) in [7, 11) is 0. The maximum atomic E-state index is 11.6. The quantitative estimate of drug-likeness (QED) is 0.908. The van der Waals surface area contributed by atoms with E-state index >= 15 is 0 Å². The normalized spacial score (nSPS) is 28.3. The first-order valence-corrected chi connectivity index (χ1v) is 8.33. The molecular formula is C18H25NO3. The summed E-state index contributed by atoms with van der Waals surface area (Å²) in [6, 6.07) is 8.11. The second kappa shape index (κ2) is 6.69. The topological polar surface area (TPSA) is 49.8 Å². The van der Waals surface area contributed by atoms with E-state index in [0.29, 0.717) is 25.1 Å². The van der Waals surface area contributed by atoms with Crippen LogP contribution in [-0.4, -0.2) is 41.2 Å². The van der Waals surface area contributed by atoms with Crippen molar-refractivity contribution in [3.8, 4) is 5.75 Å². The molecule has 1 heterocycles. The zero-order valence-electron chi connectivity index (χ0n) is 13.2. The van der Waals surface area contributed by atoms with E-state index in [-0.39, 0.29) is 6.04 Å². The van der Waals surface area contributed by atoms with E-state index < -0.39 is 5.97 Å². The zero-order chi connectivity index (χ0) is 15.5. The fraction of sp³-hybridized carbons (Fsp3) is 0.611. The third-order valence-corrected chi connectivity index (χ3v) is 5.11. The van der Waals surface area contributed by atoms with Crippen LogP contribution in [0.5, 0.6) is 5.75 Å². The average molecular weight is 303 g/mol. The van der Waals surface area contributed by atoms with Crippen LogP contribution < -0.4 is 4.74 Å². The molecule has 0 aromatic heterocycles. The van der Waals surface area contributed by atoms with Crippen molar-refractivity contribution in [2.24, 2.45) is 5.92 Å². The second-order valence-electron chi connectivity index (χ2n) is 6.60. The molecule has 4 heteroatoms. The molecule has 4 nitrogen and oxygen atoms in total. The van der Waals surface area contributed by atoms with Gasteiger partial charge in [0.25, 0.3) is 0 Å². The van der Waals surface area contributed by atoms with E-state index in [2.05, 4.69) is 4.90 Å². The van der Waals surface area contributed by atoms with Crippen LogP contribution in [0.15, 0.2) is 24.3 Å². The summed E-state index contributed by atoms with van der Waals surface area (Å²) < 4.78 is 5.82. The molecule has 0 amide bonds. The number of hydrogen-bond donors (Lipinski definition) is 1. The van der Waals surface area contributed by atoms with E-state index in [9.17, 15) is 9.90 Å². The second-order valence-corrected chi connectivity index (χ2v) is 6.60. The van der Waals surface area contributed by atoms with E-state index in [1.807, 2.05) is 31.2 Å². The summed E-state index contributed by atoms with van der Waals surface area (Å²) in [6.45, 7) is 3.29. The minimum atomic E-state index is -0.676. The van der Waals surface area contributed by atoms with Gasteiger partial charge in [-0.1, -0.05) is 25.0 Å². The van der Waals surface area contributed by atoms with Crippen molar-refractivity contribution in [3.05, 3.63) is 29.8 Å². The molecule has 1 aliphatic heterocycles. The number of benzene rings is 1. The molecule has 0 unspecified atom stereocenters. The van der Waals surface area contributed by atoms with Gasteiger partial charge in [-0.2, -0.15) is 0 Å². The van der Waals surface area contributed by atoms with Gasteiger partial charge in [-0.3, -0.25) is 9.69 Å². The van der Waals surface area contributed by atoms with Gasteiger partial charge in [0, 0.05) is 12.6 Å². The lowest BCUT2D eigenvalue weighted by molar-refractivity contribution is -0.142. The number of aryl methyl sites for hydroxylation is 1. The molecule has 1 aromatic rings. The molecule has 3 atom stereocenters. The van der Waals surface area contributed by atoms with Crippen LogP contribution in [0, 0.1) is 12.8 Å². The Kier molecular flexibility index (Phi) is 4.67. The Labute approximate surface area is 132 Å². The SMILES string of the molecule is Cc1cccc(OCCN2[C@H](C(=O)O)C[C@H]3CCCC[C@@H]32)c1. The largest absolute Gasteiger partial charge is 0.492 e. The first-order valence-electron chi connectivity index (χ1n) is 8.33. The van der Waals surface area contributed by atoms with Crippen LogP contribution in [0.3, 0.4) is 0 Å². The monoisotopic (exact) mass is 303 g/mol. The number of nitrogens with zero attached hydrogens (tertiary/aromatic N) is 1. The Hall–Kier alpha value is -1.55. The number of aliphatic carboxylic acids is 1. The summed E-state index contributed by atoms with van der Waals surface area (Å²) in [5.41, 5.74) is 1.18. The fourth-order valence-electron chi connectivity index (χ4n) is 4.09. The van der Waals surface area contributed by atoms with Gasteiger partial charge in [-0.15, -0.1) is 0 Å². The van der Waals surface area contributed by atoms with Crippen LogP contribution in [0.25, 0.3) is 0 Å². The van der Waals surface area contributed by atoms with Crippen molar-refractivity contribution in [3.63, 3.8) is 0 Å². The van der Waals surface area contributed by atoms with Crippen molar-refractivity contribution in [1.82, 2.24) is 4.90 Å². The van der Waals surface area contributed by atoms with Crippen molar-refractivity contribution < 1.29 is 14.6 Å². The lowest BCUT2D eigenvalue weighted by atomic mass is 9.85. The lowest BCUT2D eigenvalue weighted by Crippen LogP contribution is -2.44. The Morgan fingerprint density at radius 3 is 2.95 bits per heavy atom. The molecule has 1 aliphatic carbocycles. The zero-order valence-corrected chi connectivity index (χ0v) is 13.2. The van der Waals surface area contributed by atoms with Crippen molar-refractivity contribution >= 4 is 5.97 Å². The predicted octanol–water partition coefficient (Wildman–Crippen LogP) is 3.09. The van der Waals surface area contributed by atoms with Gasteiger partial charge < -0.3 is 9.84 Å². The highest BCUT2D eigenvalue weighted by Crippen LogP contribution is 2.39. The summed E-state index contributed by atoms with van der Waals surface area (Å²) >= 11 is 0. The maximum Gasteiger partial charge on any atom is 0.320 e. The molecule has 0 radical (unpaired) electrons. The Bertz CT molecular complexity index is 531. The molecule has 1 saturated carbocycles. The molecular weight excluding hydrogens is 278 g/mol. The van der Waals surface area contributed by atoms with E-state index in [4.69, 9.17) is 4.74 Å². The van der Waals surface area contributed by atoms with Gasteiger partial charge in [0.1, 0.15) is 18.4 Å². The van der Waals surface area contributed by atoms with Gasteiger partial charge in [0.15, 0.2) is 0 Å². The van der Waals surface area contributed by atoms with Crippen LogP contribution in [0.1, 0.15) is 37.7 Å². The minimum absolute atomic E-state index is 0.325. The first-order chi connectivity index (χ1) is 10.6. The van der Waals surface area contributed by atoms with Gasteiger partial charge in [-0.05, 0) is 49.8 Å². The lowest BCUT2D eigenvalue weighted by Gasteiger charge is -2.32. The highest BCUT2D eigenvalue weighted by atomic mass is 16.5. The number of fused-ring (bicyclic) bond motifs is 1. The molecule has 0 bridgehead atoms. The predicted molar refractivity (Wildman–Crippen MR) is 85.2 cm³/mol. The molecule has 120 valence electrons. The molecule has 3 rings (SSSR count). The van der Waals surface area contributed by atoms with Crippen LogP contribution >= 0.6 is 0 Å². The third kappa shape index (κ3) is 3.27. The standard InChI is InChI=1S/C18H25NO3/c1-13-5-4-7-15(11-13)22-10-9-19-16-8-3-2-6-14(16)12-17(19)18(20)21/h4-5,7,11,14,16-17H,2-3,6,8-10,12H2,1H3,(H,20,21)/t14-,16+,17+/m1/s1. The van der Waals surface area contributed by atoms with E-state index in [1.54, 1.807) is 0 Å². The number of ether oxygens (including phenoxy) is 1. The third-order valence-electron chi connectivity index (χ3n) is 5.11. The first kappa shape index (κ1) is 15.3. The van der Waals surface area contributed by atoms with Gasteiger partial charge in [0.05, 0.1) is 0 Å². The Morgan fingerprint density at radius 1 is 1.36 bits per heavy atom. The summed E-state index contributed by atoms with van der Waals surface area (Å²) in [6.07, 6.45) is 5.61. The smallest absolute Gasteiger partial charge is 0.320 e. The number of likely N-dealkylation sites (tertiary alicyclic amines) is 1. The van der Waals surface area contributed by atoms with Crippen LogP contribution in [0.4, 0.5) is 0 Å². The van der Waals surface area contributed by atoms with Gasteiger partial charge >= 0.3 is 5.97 Å². The van der Waals surface area contributed by atoms with Crippen molar-refractivity contribution in [1.29, 1.82) is 0 Å². The molecule has 22 heavy (non-hydrogen) atoms. The van der Waals surface area contributed by atoms with E-state index in [1.165, 1.54) is 24.8 Å². The number of carbonyl (C=O) groups is 1. The average Bonchev–Trinajstić information content (AvgIpc) is 2.87. The molecule has 1 aromatic carbocycles. The molecule has 1 N–H and O–H groups in total. The molecule has 0 spiro atoms. The minimum Gasteiger partial charge on any atom is -0.492 e. The summed E-state index contributed by atoms with van der Waals surface area (Å²) in [5, 5.41) is 9.50. The summed E-state index contributed by atoms with van der Waals surface area (Å²) in [4.78, 5) is 13.7.